The fourth-order valence-electron chi connectivity index (χ4n) is 2.11. The molecule has 104 valence electrons. The monoisotopic (exact) mass is 360 g/mol. The number of halogens is 1. The van der Waals surface area contributed by atoms with Gasteiger partial charge in [-0.1, -0.05) is 39.4 Å². The molecule has 0 radical (unpaired) electrons. The second-order valence-electron chi connectivity index (χ2n) is 4.52. The van der Waals surface area contributed by atoms with Crippen LogP contribution in [0.1, 0.15) is 5.76 Å². The molecule has 1 aromatic carbocycles. The van der Waals surface area contributed by atoms with Crippen molar-refractivity contribution >= 4 is 32.2 Å². The van der Waals surface area contributed by atoms with Gasteiger partial charge in [-0.2, -0.15) is 9.61 Å². The number of furan rings is 1. The molecule has 0 saturated carbocycles. The lowest BCUT2D eigenvalue weighted by atomic mass is 10.2. The Kier molecular flexibility index (Phi) is 2.90. The number of fused-ring (bicyclic) bond motifs is 1. The third kappa shape index (κ3) is 2.09. The van der Waals surface area contributed by atoms with Gasteiger partial charge in [0.25, 0.3) is 0 Å². The fraction of sp³-hybridized carbons (Fsp3) is 0.0714. The predicted molar refractivity (Wildman–Crippen MR) is 84.2 cm³/mol. The SMILES string of the molecule is Cc1occc1-c1nnc2sc(-c3ccc(Br)cc3)nn12. The molecule has 0 atom stereocenters. The van der Waals surface area contributed by atoms with Gasteiger partial charge in [-0.15, -0.1) is 10.2 Å². The maximum Gasteiger partial charge on any atom is 0.235 e. The molecule has 4 aromatic rings. The second-order valence-corrected chi connectivity index (χ2v) is 6.39. The van der Waals surface area contributed by atoms with Crippen LogP contribution in [0.25, 0.3) is 26.9 Å². The average Bonchev–Trinajstić information content (AvgIpc) is 3.15. The van der Waals surface area contributed by atoms with Crippen LogP contribution in [-0.4, -0.2) is 19.8 Å². The minimum Gasteiger partial charge on any atom is -0.469 e. The molecule has 0 spiro atoms. The summed E-state index contributed by atoms with van der Waals surface area (Å²) in [5.41, 5.74) is 1.97. The first-order valence-electron chi connectivity index (χ1n) is 6.25. The fourth-order valence-corrected chi connectivity index (χ4v) is 3.22. The number of hydrogen-bond donors (Lipinski definition) is 0. The maximum atomic E-state index is 5.33. The smallest absolute Gasteiger partial charge is 0.235 e. The van der Waals surface area contributed by atoms with E-state index >= 15 is 0 Å². The van der Waals surface area contributed by atoms with Crippen molar-refractivity contribution in [1.82, 2.24) is 19.8 Å². The third-order valence-corrected chi connectivity index (χ3v) is 4.66. The van der Waals surface area contributed by atoms with E-state index in [4.69, 9.17) is 4.42 Å². The van der Waals surface area contributed by atoms with Crippen LogP contribution < -0.4 is 0 Å². The van der Waals surface area contributed by atoms with E-state index in [1.54, 1.807) is 10.8 Å². The van der Waals surface area contributed by atoms with Crippen molar-refractivity contribution in [2.45, 2.75) is 6.92 Å². The molecule has 7 heteroatoms. The molecule has 0 aliphatic rings. The zero-order valence-corrected chi connectivity index (χ0v) is 13.3. The lowest BCUT2D eigenvalue weighted by molar-refractivity contribution is 0.535. The van der Waals surface area contributed by atoms with Gasteiger partial charge >= 0.3 is 0 Å². The summed E-state index contributed by atoms with van der Waals surface area (Å²) in [6, 6.07) is 9.93. The first-order chi connectivity index (χ1) is 10.2. The molecule has 0 N–H and O–H groups in total. The Morgan fingerprint density at radius 2 is 1.95 bits per heavy atom. The van der Waals surface area contributed by atoms with Crippen molar-refractivity contribution in [3.05, 3.63) is 46.8 Å². The lowest BCUT2D eigenvalue weighted by Crippen LogP contribution is -1.91. The van der Waals surface area contributed by atoms with E-state index in [1.165, 1.54) is 11.3 Å². The molecule has 5 nitrogen and oxygen atoms in total. The van der Waals surface area contributed by atoms with Crippen molar-refractivity contribution in [3.63, 3.8) is 0 Å². The van der Waals surface area contributed by atoms with E-state index in [2.05, 4.69) is 31.2 Å². The van der Waals surface area contributed by atoms with Gasteiger partial charge in [-0.05, 0) is 25.1 Å². The Balaban J connectivity index is 1.86. The Hall–Kier alpha value is -1.99. The third-order valence-electron chi connectivity index (χ3n) is 3.18. The van der Waals surface area contributed by atoms with Crippen LogP contribution in [0.4, 0.5) is 0 Å². The number of benzene rings is 1. The van der Waals surface area contributed by atoms with Crippen molar-refractivity contribution in [2.75, 3.05) is 0 Å². The number of hydrogen-bond acceptors (Lipinski definition) is 5. The summed E-state index contributed by atoms with van der Waals surface area (Å²) in [6.07, 6.45) is 1.65. The van der Waals surface area contributed by atoms with Crippen molar-refractivity contribution in [3.8, 4) is 22.0 Å². The molecule has 0 unspecified atom stereocenters. The summed E-state index contributed by atoms with van der Waals surface area (Å²) in [5, 5.41) is 13.9. The van der Waals surface area contributed by atoms with Gasteiger partial charge in [-0.25, -0.2) is 0 Å². The predicted octanol–water partition coefficient (Wildman–Crippen LogP) is 4.18. The zero-order chi connectivity index (χ0) is 14.4. The van der Waals surface area contributed by atoms with Crippen LogP contribution in [0.2, 0.25) is 0 Å². The molecule has 3 aromatic heterocycles. The number of nitrogens with zero attached hydrogens (tertiary/aromatic N) is 4. The molecule has 0 bridgehead atoms. The molecule has 0 fully saturated rings. The molecule has 3 heterocycles. The first kappa shape index (κ1) is 12.7. The van der Waals surface area contributed by atoms with Gasteiger partial charge < -0.3 is 4.42 Å². The van der Waals surface area contributed by atoms with Crippen LogP contribution in [-0.2, 0) is 0 Å². The Bertz CT molecular complexity index is 922. The van der Waals surface area contributed by atoms with Gasteiger partial charge in [0.15, 0.2) is 5.82 Å². The van der Waals surface area contributed by atoms with E-state index in [9.17, 15) is 0 Å². The molecule has 0 saturated heterocycles. The lowest BCUT2D eigenvalue weighted by Gasteiger charge is -1.96. The largest absolute Gasteiger partial charge is 0.469 e. The van der Waals surface area contributed by atoms with E-state index in [1.807, 2.05) is 37.3 Å². The zero-order valence-electron chi connectivity index (χ0n) is 10.9. The molecule has 21 heavy (non-hydrogen) atoms. The first-order valence-corrected chi connectivity index (χ1v) is 7.86. The highest BCUT2D eigenvalue weighted by atomic mass is 79.9. The summed E-state index contributed by atoms with van der Waals surface area (Å²) < 4.78 is 8.14. The van der Waals surface area contributed by atoms with Crippen LogP contribution in [0.5, 0.6) is 0 Å². The van der Waals surface area contributed by atoms with Gasteiger partial charge in [0.1, 0.15) is 10.8 Å². The van der Waals surface area contributed by atoms with E-state index in [0.717, 1.165) is 31.3 Å². The molecule has 0 aliphatic heterocycles. The van der Waals surface area contributed by atoms with Crippen LogP contribution >= 0.6 is 27.3 Å². The highest BCUT2D eigenvalue weighted by Crippen LogP contribution is 2.29. The summed E-state index contributed by atoms with van der Waals surface area (Å²) in [6.45, 7) is 1.90. The average molecular weight is 361 g/mol. The number of aryl methyl sites for hydroxylation is 1. The van der Waals surface area contributed by atoms with Gasteiger partial charge in [-0.3, -0.25) is 0 Å². The quantitative estimate of drug-likeness (QED) is 0.537. The van der Waals surface area contributed by atoms with Gasteiger partial charge in [0.2, 0.25) is 4.96 Å². The van der Waals surface area contributed by atoms with Crippen LogP contribution in [0.15, 0.2) is 45.5 Å². The highest BCUT2D eigenvalue weighted by molar-refractivity contribution is 9.10. The Labute approximate surface area is 132 Å². The normalized spacial score (nSPS) is 11.3. The van der Waals surface area contributed by atoms with Crippen LogP contribution in [0.3, 0.4) is 0 Å². The summed E-state index contributed by atoms with van der Waals surface area (Å²) in [4.78, 5) is 0.767. The molecule has 4 rings (SSSR count). The van der Waals surface area contributed by atoms with E-state index < -0.39 is 0 Å². The van der Waals surface area contributed by atoms with Crippen molar-refractivity contribution < 1.29 is 4.42 Å². The summed E-state index contributed by atoms with van der Waals surface area (Å²) >= 11 is 4.95. The van der Waals surface area contributed by atoms with Crippen LogP contribution in [0, 0.1) is 6.92 Å². The minimum atomic E-state index is 0.705. The van der Waals surface area contributed by atoms with E-state index in [0.29, 0.717) is 5.82 Å². The highest BCUT2D eigenvalue weighted by Gasteiger charge is 2.16. The van der Waals surface area contributed by atoms with Crippen molar-refractivity contribution in [1.29, 1.82) is 0 Å². The molecular formula is C14H9BrN4OS. The van der Waals surface area contributed by atoms with Crippen molar-refractivity contribution in [2.24, 2.45) is 0 Å². The molecule has 0 amide bonds. The topological polar surface area (TPSA) is 56.2 Å². The van der Waals surface area contributed by atoms with Gasteiger partial charge in [0.05, 0.1) is 11.8 Å². The molecular weight excluding hydrogens is 352 g/mol. The maximum absolute atomic E-state index is 5.33. The van der Waals surface area contributed by atoms with E-state index in [-0.39, 0.29) is 0 Å². The van der Waals surface area contributed by atoms with Gasteiger partial charge in [0, 0.05) is 10.0 Å². The Morgan fingerprint density at radius 3 is 2.67 bits per heavy atom. The number of aromatic nitrogens is 4. The minimum absolute atomic E-state index is 0.705. The second kappa shape index (κ2) is 4.78. The standard InChI is InChI=1S/C14H9BrN4OS/c1-8-11(6-7-20-8)12-16-17-14-19(12)18-13(21-14)9-2-4-10(15)5-3-9/h2-7H,1H3. The Morgan fingerprint density at radius 1 is 1.14 bits per heavy atom. The summed E-state index contributed by atoms with van der Waals surface area (Å²) in [5.74, 6) is 1.51. The summed E-state index contributed by atoms with van der Waals surface area (Å²) in [7, 11) is 0. The molecule has 0 aliphatic carbocycles. The number of rotatable bonds is 2.